The van der Waals surface area contributed by atoms with Crippen LogP contribution in [0.1, 0.15) is 39.4 Å². The average Bonchev–Trinajstić information content (AvgIpc) is 2.95. The Labute approximate surface area is 152 Å². The molecule has 2 aromatic rings. The van der Waals surface area contributed by atoms with E-state index in [1.165, 1.54) is 0 Å². The minimum atomic E-state index is -0.678. The summed E-state index contributed by atoms with van der Waals surface area (Å²) in [5, 5.41) is 26.4. The molecule has 0 bridgehead atoms. The molecule has 0 spiro atoms. The molecule has 1 amide bonds. The topological polar surface area (TPSA) is 102 Å². The van der Waals surface area contributed by atoms with E-state index in [0.29, 0.717) is 30.6 Å². The summed E-state index contributed by atoms with van der Waals surface area (Å²) in [4.78, 5) is 14.6. The van der Waals surface area contributed by atoms with Crippen LogP contribution >= 0.6 is 0 Å². The number of likely N-dealkylation sites (tertiary alicyclic amines) is 1. The van der Waals surface area contributed by atoms with Gasteiger partial charge in [0.05, 0.1) is 35.0 Å². The zero-order valence-corrected chi connectivity index (χ0v) is 14.9. The third-order valence-corrected chi connectivity index (χ3v) is 4.84. The molecule has 1 aromatic carbocycles. The molecule has 3 rings (SSSR count). The van der Waals surface area contributed by atoms with Crippen molar-refractivity contribution in [2.75, 3.05) is 13.1 Å². The molecule has 2 heterocycles. The molecule has 26 heavy (non-hydrogen) atoms. The molecule has 0 radical (unpaired) electrons. The van der Waals surface area contributed by atoms with Crippen molar-refractivity contribution in [1.82, 2.24) is 15.4 Å². The number of aromatic nitrogens is 1. The molecule has 2 N–H and O–H groups in total. The van der Waals surface area contributed by atoms with Crippen molar-refractivity contribution in [3.63, 3.8) is 0 Å². The van der Waals surface area contributed by atoms with E-state index < -0.39 is 6.10 Å². The molecular weight excluding hydrogens is 332 g/mol. The molecule has 1 fully saturated rings. The van der Waals surface area contributed by atoms with Gasteiger partial charge in [0.2, 0.25) is 0 Å². The van der Waals surface area contributed by atoms with Crippen molar-refractivity contribution in [3.05, 3.63) is 52.4 Å². The molecular formula is C19H22N4O3. The number of rotatable bonds is 4. The Kier molecular flexibility index (Phi) is 5.35. The highest BCUT2D eigenvalue weighted by molar-refractivity contribution is 5.96. The van der Waals surface area contributed by atoms with E-state index in [1.807, 2.05) is 19.9 Å². The number of aliphatic hydroxyl groups excluding tert-OH is 1. The molecule has 1 aliphatic rings. The first-order chi connectivity index (χ1) is 12.5. The maximum Gasteiger partial charge on any atom is 0.252 e. The highest BCUT2D eigenvalue weighted by Gasteiger charge is 2.30. The smallest absolute Gasteiger partial charge is 0.252 e. The van der Waals surface area contributed by atoms with E-state index in [2.05, 4.69) is 15.4 Å². The van der Waals surface area contributed by atoms with Crippen LogP contribution < -0.4 is 5.32 Å². The first-order valence-electron chi connectivity index (χ1n) is 8.61. The van der Waals surface area contributed by atoms with Crippen molar-refractivity contribution >= 4 is 5.91 Å². The Hall–Kier alpha value is -2.69. The van der Waals surface area contributed by atoms with Crippen LogP contribution in [0.4, 0.5) is 0 Å². The number of nitrogens with one attached hydrogen (secondary N) is 1. The highest BCUT2D eigenvalue weighted by atomic mass is 16.5. The number of nitriles is 1. The van der Waals surface area contributed by atoms with E-state index in [1.54, 1.807) is 24.3 Å². The monoisotopic (exact) mass is 354 g/mol. The maximum atomic E-state index is 12.5. The van der Waals surface area contributed by atoms with E-state index in [9.17, 15) is 9.90 Å². The van der Waals surface area contributed by atoms with E-state index in [4.69, 9.17) is 9.78 Å². The second-order valence-corrected chi connectivity index (χ2v) is 6.63. The van der Waals surface area contributed by atoms with Crippen molar-refractivity contribution in [3.8, 4) is 6.07 Å². The Morgan fingerprint density at radius 1 is 1.46 bits per heavy atom. The third kappa shape index (κ3) is 3.77. The van der Waals surface area contributed by atoms with E-state index in [0.717, 1.165) is 23.6 Å². The molecule has 7 heteroatoms. The summed E-state index contributed by atoms with van der Waals surface area (Å²) < 4.78 is 5.19. The summed E-state index contributed by atoms with van der Waals surface area (Å²) in [7, 11) is 0. The summed E-state index contributed by atoms with van der Waals surface area (Å²) >= 11 is 0. The zero-order chi connectivity index (χ0) is 18.7. The fourth-order valence-corrected chi connectivity index (χ4v) is 3.29. The van der Waals surface area contributed by atoms with Crippen LogP contribution in [0.3, 0.4) is 0 Å². The van der Waals surface area contributed by atoms with Crippen LogP contribution in [-0.2, 0) is 6.54 Å². The first kappa shape index (κ1) is 18.1. The predicted molar refractivity (Wildman–Crippen MR) is 94.3 cm³/mol. The Bertz CT molecular complexity index is 820. The van der Waals surface area contributed by atoms with Gasteiger partial charge in [-0.2, -0.15) is 5.26 Å². The van der Waals surface area contributed by atoms with Gasteiger partial charge in [0.1, 0.15) is 5.76 Å². The Morgan fingerprint density at radius 3 is 2.88 bits per heavy atom. The number of hydrogen-bond donors (Lipinski definition) is 2. The van der Waals surface area contributed by atoms with Gasteiger partial charge in [-0.1, -0.05) is 17.3 Å². The molecule has 0 saturated carbocycles. The highest BCUT2D eigenvalue weighted by Crippen LogP contribution is 2.19. The minimum absolute atomic E-state index is 0.328. The van der Waals surface area contributed by atoms with Gasteiger partial charge < -0.3 is 14.9 Å². The number of nitrogens with zero attached hydrogens (tertiary/aromatic N) is 3. The fourth-order valence-electron chi connectivity index (χ4n) is 3.29. The first-order valence-corrected chi connectivity index (χ1v) is 8.61. The van der Waals surface area contributed by atoms with Gasteiger partial charge in [-0.05, 0) is 32.4 Å². The number of carbonyl (C=O) groups excluding carboxylic acids is 1. The summed E-state index contributed by atoms with van der Waals surface area (Å²) in [6.07, 6.45) is -0.0484. The van der Waals surface area contributed by atoms with E-state index >= 15 is 0 Å². The number of amides is 1. The molecule has 1 saturated heterocycles. The quantitative estimate of drug-likeness (QED) is 0.863. The minimum Gasteiger partial charge on any atom is -0.390 e. The van der Waals surface area contributed by atoms with Crippen LogP contribution in [0, 0.1) is 25.2 Å². The van der Waals surface area contributed by atoms with Gasteiger partial charge in [-0.15, -0.1) is 0 Å². The third-order valence-electron chi connectivity index (χ3n) is 4.84. The van der Waals surface area contributed by atoms with Crippen LogP contribution in [0.5, 0.6) is 0 Å². The maximum absolute atomic E-state index is 12.5. The number of aryl methyl sites for hydroxylation is 2. The molecule has 1 aliphatic heterocycles. The van der Waals surface area contributed by atoms with Gasteiger partial charge in [-0.25, -0.2) is 0 Å². The average molecular weight is 354 g/mol. The summed E-state index contributed by atoms with van der Waals surface area (Å²) in [6, 6.07) is 8.35. The van der Waals surface area contributed by atoms with Gasteiger partial charge >= 0.3 is 0 Å². The number of carbonyl (C=O) groups is 1. The van der Waals surface area contributed by atoms with Gasteiger partial charge in [0.25, 0.3) is 5.91 Å². The molecule has 136 valence electrons. The number of aliphatic hydroxyl groups is 1. The standard InChI is InChI=1S/C19H22N4O3/c1-12-16(13(2)26-22-12)10-23-8-7-17(18(24)11-23)21-19(25)15-6-4-3-5-14(15)9-20/h3-6,17-18,24H,7-8,10-11H2,1-2H3,(H,21,25)/t17-,18-/m1/s1. The van der Waals surface area contributed by atoms with Crippen LogP contribution in [-0.4, -0.2) is 46.3 Å². The second kappa shape index (κ2) is 7.68. The van der Waals surface area contributed by atoms with Crippen molar-refractivity contribution < 1.29 is 14.4 Å². The molecule has 0 aliphatic carbocycles. The normalized spacial score (nSPS) is 20.5. The Balaban J connectivity index is 1.61. The second-order valence-electron chi connectivity index (χ2n) is 6.63. The molecule has 0 unspecified atom stereocenters. The lowest BCUT2D eigenvalue weighted by Crippen LogP contribution is -2.53. The van der Waals surface area contributed by atoms with Gasteiger partial charge in [-0.3, -0.25) is 9.69 Å². The molecule has 7 nitrogen and oxygen atoms in total. The fraction of sp³-hybridized carbons (Fsp3) is 0.421. The van der Waals surface area contributed by atoms with Crippen molar-refractivity contribution in [1.29, 1.82) is 5.26 Å². The van der Waals surface area contributed by atoms with E-state index in [-0.39, 0.29) is 11.9 Å². The number of piperidine rings is 1. The lowest BCUT2D eigenvalue weighted by Gasteiger charge is -2.36. The lowest BCUT2D eigenvalue weighted by molar-refractivity contribution is 0.0347. The predicted octanol–water partition coefficient (Wildman–Crippen LogP) is 1.53. The van der Waals surface area contributed by atoms with Crippen LogP contribution in [0.25, 0.3) is 0 Å². The number of benzene rings is 1. The number of β-amino-alcohol motifs (C(OH)–C–C–N with tert-alkyl or cyclic N) is 1. The largest absolute Gasteiger partial charge is 0.390 e. The van der Waals surface area contributed by atoms with Crippen molar-refractivity contribution in [2.24, 2.45) is 0 Å². The molecule has 1 aromatic heterocycles. The number of hydrogen-bond acceptors (Lipinski definition) is 6. The lowest BCUT2D eigenvalue weighted by atomic mass is 9.99. The van der Waals surface area contributed by atoms with Crippen molar-refractivity contribution in [2.45, 2.75) is 39.0 Å². The zero-order valence-electron chi connectivity index (χ0n) is 14.9. The Morgan fingerprint density at radius 2 is 2.23 bits per heavy atom. The summed E-state index contributed by atoms with van der Waals surface area (Å²) in [5.74, 6) is 0.464. The van der Waals surface area contributed by atoms with Crippen LogP contribution in [0.2, 0.25) is 0 Å². The summed E-state index contributed by atoms with van der Waals surface area (Å²) in [6.45, 7) is 5.64. The van der Waals surface area contributed by atoms with Gasteiger partial charge in [0.15, 0.2) is 0 Å². The van der Waals surface area contributed by atoms with Crippen LogP contribution in [0.15, 0.2) is 28.8 Å². The SMILES string of the molecule is Cc1noc(C)c1CN1CC[C@@H](NC(=O)c2ccccc2C#N)[C@H](O)C1. The summed E-state index contributed by atoms with van der Waals surface area (Å²) in [5.41, 5.74) is 2.57. The molecule has 2 atom stereocenters. The van der Waals surface area contributed by atoms with Gasteiger partial charge in [0, 0.05) is 25.2 Å².